The van der Waals surface area contributed by atoms with Gasteiger partial charge >= 0.3 is 11.9 Å². The van der Waals surface area contributed by atoms with E-state index in [0.717, 1.165) is 5.57 Å². The Hall–Kier alpha value is -2.33. The van der Waals surface area contributed by atoms with Gasteiger partial charge in [-0.1, -0.05) is 39.3 Å². The molecular formula is C55H88O22. The first-order valence-corrected chi connectivity index (χ1v) is 27.8. The van der Waals surface area contributed by atoms with Gasteiger partial charge in [0.2, 0.25) is 0 Å². The molecule has 4 heterocycles. The number of carbonyl (C=O) groups is 3. The summed E-state index contributed by atoms with van der Waals surface area (Å²) in [6, 6.07) is 0. The molecule has 3 saturated carbocycles. The zero-order valence-electron chi connectivity index (χ0n) is 46.8. The van der Waals surface area contributed by atoms with Gasteiger partial charge in [-0.15, -0.1) is 0 Å². The van der Waals surface area contributed by atoms with Crippen LogP contribution in [0.25, 0.3) is 0 Å². The molecular weight excluding hydrogens is 1010 g/mol. The summed E-state index contributed by atoms with van der Waals surface area (Å²) >= 11 is 0. The summed E-state index contributed by atoms with van der Waals surface area (Å²) in [6.07, 6.45) is -14.4. The number of ether oxygens (including phenoxy) is 13. The van der Waals surface area contributed by atoms with E-state index in [0.29, 0.717) is 44.9 Å². The molecule has 4 saturated heterocycles. The van der Waals surface area contributed by atoms with Crippen LogP contribution in [0.5, 0.6) is 0 Å². The van der Waals surface area contributed by atoms with Gasteiger partial charge in [-0.2, -0.15) is 0 Å². The summed E-state index contributed by atoms with van der Waals surface area (Å²) in [5, 5.41) is 65.4. The first-order chi connectivity index (χ1) is 36.3. The van der Waals surface area contributed by atoms with Crippen molar-refractivity contribution in [3.8, 4) is 0 Å². The minimum atomic E-state index is -1.68. The molecule has 0 aromatic carbocycles. The van der Waals surface area contributed by atoms with Gasteiger partial charge in [-0.25, -0.2) is 0 Å². The Labute approximate surface area is 451 Å². The van der Waals surface area contributed by atoms with Crippen molar-refractivity contribution in [1.82, 2.24) is 0 Å². The van der Waals surface area contributed by atoms with Gasteiger partial charge in [-0.3, -0.25) is 14.4 Å². The lowest BCUT2D eigenvalue weighted by atomic mass is 9.44. The van der Waals surface area contributed by atoms with Crippen LogP contribution >= 0.6 is 0 Å². The number of aliphatic hydroxyl groups excluding tert-OH is 5. The lowest BCUT2D eigenvalue weighted by Crippen LogP contribution is -2.72. The molecule has 8 aliphatic rings. The van der Waals surface area contributed by atoms with Crippen LogP contribution in [0.15, 0.2) is 11.6 Å². The van der Waals surface area contributed by atoms with Crippen molar-refractivity contribution >= 4 is 17.7 Å². The molecule has 440 valence electrons. The van der Waals surface area contributed by atoms with Crippen molar-refractivity contribution in [1.29, 1.82) is 0 Å². The van der Waals surface area contributed by atoms with Crippen LogP contribution in [0.1, 0.15) is 120 Å². The van der Waals surface area contributed by atoms with Crippen molar-refractivity contribution in [2.75, 3.05) is 27.9 Å². The predicted octanol–water partition coefficient (Wildman–Crippen LogP) is 2.14. The molecule has 22 nitrogen and oxygen atoms in total. The number of allylic oxidation sites excluding steroid dienone is 1. The zero-order valence-corrected chi connectivity index (χ0v) is 46.8. The van der Waals surface area contributed by atoms with Gasteiger partial charge in [-0.05, 0) is 83.5 Å². The van der Waals surface area contributed by atoms with E-state index in [9.17, 15) is 45.0 Å². The molecule has 0 radical (unpaired) electrons. The summed E-state index contributed by atoms with van der Waals surface area (Å²) in [7, 11) is 4.51. The number of ketones is 1. The number of carbonyl (C=O) groups excluding carboxylic acids is 3. The number of fused-ring (bicyclic) bond motifs is 5. The lowest BCUT2D eigenvalue weighted by Gasteiger charge is -2.64. The lowest BCUT2D eigenvalue weighted by molar-refractivity contribution is -0.373. The molecule has 7 fully saturated rings. The average molecular weight is 1100 g/mol. The van der Waals surface area contributed by atoms with E-state index < -0.39 is 170 Å². The van der Waals surface area contributed by atoms with Crippen LogP contribution in [0.4, 0.5) is 0 Å². The Bertz CT molecular complexity index is 2070. The van der Waals surface area contributed by atoms with E-state index in [1.807, 2.05) is 27.7 Å². The first kappa shape index (κ1) is 60.8. The standard InChI is InChI=1S/C55H88O22/c1-24(2)19-37(59)74-50-48(71-29(7)58)40-33(55(64)18-16-32(25(3)57)54(50,55)9)14-13-30-20-31(15-17-53(30,40)8)72-38-21-34(65-10)45(26(4)68-38)75-39-22-35(66-11)46(27(5)69-39)76-52-44(63)49(67-12)47(28(6)70-52)77-51-43(62)42(61)41(60)36(23-56)73-51/h13,24,26-28,31-36,38-52,56,60-64H,14-23H2,1-12H3/t26-,27-,28-,31-,32-,33-,34+,35+,36-,38+,39+,40-,41-,42+,43-,44-,45-,46-,47-,48+,49+,50-,51+,52+,53+,54+,55+/m1/s1. The van der Waals surface area contributed by atoms with Crippen molar-refractivity contribution in [2.24, 2.45) is 34.5 Å². The number of hydrogen-bond acceptors (Lipinski definition) is 22. The third-order valence-electron chi connectivity index (χ3n) is 18.9. The number of methoxy groups -OCH3 is 3. The Balaban J connectivity index is 0.894. The first-order valence-electron chi connectivity index (χ1n) is 27.8. The molecule has 8 rings (SSSR count). The molecule has 0 unspecified atom stereocenters. The Kier molecular flexibility index (Phi) is 19.1. The van der Waals surface area contributed by atoms with Crippen molar-refractivity contribution in [3.05, 3.63) is 11.6 Å². The van der Waals surface area contributed by atoms with Gasteiger partial charge in [0.15, 0.2) is 25.2 Å². The Morgan fingerprint density at radius 2 is 1.30 bits per heavy atom. The molecule has 22 heteroatoms. The SMILES string of the molecule is CO[C@H]1[C@@H](O)[C@H](O[C@H]2[C@@H](OC)C[C@H](O[C@H]3[C@@H](OC)C[C@H](O[C@@H]4CC[C@@]5(C)C(=CC[C@@H]6[C@@H]5[C@H](OC(C)=O)[C@@H](OC(=O)CC(C)C)[C@]5(C)[C@@H](C(C)=O)CC[C@]65O)C4)O[C@@H]3C)O[C@@H]2C)O[C@H](C)[C@H]1O[C@@H]1O[C@H](CO)[C@@H](O)[C@H](O)[C@H]1O. The van der Waals surface area contributed by atoms with E-state index in [-0.39, 0.29) is 36.6 Å². The molecule has 4 aliphatic heterocycles. The highest BCUT2D eigenvalue weighted by atomic mass is 16.8. The van der Waals surface area contributed by atoms with Crippen LogP contribution < -0.4 is 0 Å². The second kappa shape index (κ2) is 24.2. The number of Topliss-reactive ketones (excluding diaryl/α,β-unsaturated/α-hetero) is 1. The van der Waals surface area contributed by atoms with Crippen molar-refractivity contribution in [3.63, 3.8) is 0 Å². The molecule has 0 aromatic rings. The third-order valence-corrected chi connectivity index (χ3v) is 18.9. The molecule has 4 aliphatic carbocycles. The van der Waals surface area contributed by atoms with Crippen molar-refractivity contribution < 1.29 is 107 Å². The second-order valence-corrected chi connectivity index (χ2v) is 24.0. The topological polar surface area (TPSA) is 293 Å². The number of aliphatic hydroxyl groups is 6. The normalized spacial score (nSPS) is 49.0. The van der Waals surface area contributed by atoms with Crippen LogP contribution in [-0.4, -0.2) is 211 Å². The van der Waals surface area contributed by atoms with Gasteiger partial charge in [0.05, 0.1) is 48.8 Å². The highest BCUT2D eigenvalue weighted by Gasteiger charge is 2.75. The molecule has 0 aromatic heterocycles. The minimum Gasteiger partial charge on any atom is -0.458 e. The van der Waals surface area contributed by atoms with E-state index in [1.54, 1.807) is 21.0 Å². The fourth-order valence-corrected chi connectivity index (χ4v) is 14.9. The predicted molar refractivity (Wildman–Crippen MR) is 267 cm³/mol. The fraction of sp³-hybridized carbons (Fsp3) is 0.909. The molecule has 0 bridgehead atoms. The van der Waals surface area contributed by atoms with E-state index in [4.69, 9.17) is 61.6 Å². The van der Waals surface area contributed by atoms with E-state index in [2.05, 4.69) is 13.0 Å². The summed E-state index contributed by atoms with van der Waals surface area (Å²) in [4.78, 5) is 40.0. The maximum atomic E-state index is 13.6. The smallest absolute Gasteiger partial charge is 0.306 e. The number of esters is 2. The second-order valence-electron chi connectivity index (χ2n) is 24.0. The van der Waals surface area contributed by atoms with Gasteiger partial charge in [0.25, 0.3) is 0 Å². The maximum Gasteiger partial charge on any atom is 0.306 e. The highest BCUT2D eigenvalue weighted by molar-refractivity contribution is 5.80. The van der Waals surface area contributed by atoms with Crippen LogP contribution in [0, 0.1) is 34.5 Å². The number of hydrogen-bond donors (Lipinski definition) is 6. The van der Waals surface area contributed by atoms with Crippen LogP contribution in [-0.2, 0) is 76.0 Å². The molecule has 27 atom stereocenters. The van der Waals surface area contributed by atoms with Crippen LogP contribution in [0.2, 0.25) is 0 Å². The van der Waals surface area contributed by atoms with Gasteiger partial charge in [0.1, 0.15) is 72.9 Å². The summed E-state index contributed by atoms with van der Waals surface area (Å²) in [6.45, 7) is 15.4. The summed E-state index contributed by atoms with van der Waals surface area (Å²) in [5.41, 5.74) is -2.02. The van der Waals surface area contributed by atoms with Gasteiger partial charge in [0, 0.05) is 64.8 Å². The van der Waals surface area contributed by atoms with E-state index in [1.165, 1.54) is 28.1 Å². The maximum absolute atomic E-state index is 13.6. The number of rotatable bonds is 17. The monoisotopic (exact) mass is 1100 g/mol. The minimum absolute atomic E-state index is 0.0000495. The fourth-order valence-electron chi connectivity index (χ4n) is 14.9. The van der Waals surface area contributed by atoms with Gasteiger partial charge < -0.3 is 92.2 Å². The molecule has 0 amide bonds. The van der Waals surface area contributed by atoms with Crippen molar-refractivity contribution in [2.45, 2.75) is 255 Å². The zero-order chi connectivity index (χ0) is 56.2. The van der Waals surface area contributed by atoms with Crippen LogP contribution in [0.3, 0.4) is 0 Å². The molecule has 0 spiro atoms. The largest absolute Gasteiger partial charge is 0.458 e. The Morgan fingerprint density at radius 3 is 1.88 bits per heavy atom. The highest BCUT2D eigenvalue weighted by Crippen LogP contribution is 2.69. The summed E-state index contributed by atoms with van der Waals surface area (Å²) < 4.78 is 80.7. The average Bonchev–Trinajstić information content (AvgIpc) is 3.95. The molecule has 77 heavy (non-hydrogen) atoms. The van der Waals surface area contributed by atoms with E-state index >= 15 is 0 Å². The molecule has 6 N–H and O–H groups in total. The third kappa shape index (κ3) is 11.5. The Morgan fingerprint density at radius 1 is 0.701 bits per heavy atom. The summed E-state index contributed by atoms with van der Waals surface area (Å²) in [5.74, 6) is -2.46. The quantitative estimate of drug-likeness (QED) is 0.0898.